The second-order valence-electron chi connectivity index (χ2n) is 4.10. The zero-order chi connectivity index (χ0) is 14.7. The minimum Gasteiger partial charge on any atom is -0.484 e. The van der Waals surface area contributed by atoms with E-state index in [4.69, 9.17) is 27.5 Å². The van der Waals surface area contributed by atoms with Crippen molar-refractivity contribution in [3.05, 3.63) is 64.2 Å². The molecule has 0 aromatic heterocycles. The predicted octanol–water partition coefficient (Wildman–Crippen LogP) is 3.48. The first-order valence-electron chi connectivity index (χ1n) is 5.68. The summed E-state index contributed by atoms with van der Waals surface area (Å²) in [4.78, 5) is 0. The minimum atomic E-state index is -0.597. The number of nitrogen functional groups attached to an aromatic ring is 1. The Morgan fingerprint density at radius 3 is 2.65 bits per heavy atom. The summed E-state index contributed by atoms with van der Waals surface area (Å²) in [7, 11) is 0. The highest BCUT2D eigenvalue weighted by Gasteiger charge is 2.09. The summed E-state index contributed by atoms with van der Waals surface area (Å²) in [5, 5.41) is 7.41. The molecule has 0 amide bonds. The predicted molar refractivity (Wildman–Crippen MR) is 73.2 cm³/mol. The molecular weight excluding hydrogens is 286 g/mol. The number of nitrogens with two attached hydrogens (primary N) is 1. The third-order valence-corrected chi connectivity index (χ3v) is 2.87. The van der Waals surface area contributed by atoms with Gasteiger partial charge in [-0.2, -0.15) is 0 Å². The standard InChI is InChI=1S/C14H11ClF2N2O/c15-11-2-1-3-12(17)13(11)20-7-8-4-9(14(18)19)6-10(16)5-8/h1-6H,7H2,(H3,18,19). The summed E-state index contributed by atoms with van der Waals surface area (Å²) in [5.41, 5.74) is 5.97. The van der Waals surface area contributed by atoms with Gasteiger partial charge in [0.25, 0.3) is 0 Å². The van der Waals surface area contributed by atoms with Crippen molar-refractivity contribution in [1.82, 2.24) is 0 Å². The van der Waals surface area contributed by atoms with Crippen LogP contribution in [0, 0.1) is 17.0 Å². The van der Waals surface area contributed by atoms with Crippen LogP contribution in [0.5, 0.6) is 5.75 Å². The molecule has 2 rings (SSSR count). The van der Waals surface area contributed by atoms with Gasteiger partial charge >= 0.3 is 0 Å². The number of benzene rings is 2. The van der Waals surface area contributed by atoms with Crippen LogP contribution >= 0.6 is 11.6 Å². The molecule has 6 heteroatoms. The van der Waals surface area contributed by atoms with Gasteiger partial charge in [0.05, 0.1) is 5.02 Å². The number of halogens is 3. The molecule has 0 bridgehead atoms. The van der Waals surface area contributed by atoms with E-state index in [1.165, 1.54) is 30.3 Å². The largest absolute Gasteiger partial charge is 0.484 e. The van der Waals surface area contributed by atoms with E-state index in [0.717, 1.165) is 6.07 Å². The monoisotopic (exact) mass is 296 g/mol. The molecule has 3 nitrogen and oxygen atoms in total. The van der Waals surface area contributed by atoms with E-state index in [2.05, 4.69) is 0 Å². The SMILES string of the molecule is N=C(N)c1cc(F)cc(COc2c(F)cccc2Cl)c1. The fraction of sp³-hybridized carbons (Fsp3) is 0.0714. The molecule has 0 aliphatic rings. The number of hydrogen-bond donors (Lipinski definition) is 2. The number of amidine groups is 1. The van der Waals surface area contributed by atoms with Crippen LogP contribution in [-0.2, 0) is 6.61 Å². The maximum atomic E-state index is 13.5. The lowest BCUT2D eigenvalue weighted by Crippen LogP contribution is -2.12. The van der Waals surface area contributed by atoms with Crippen LogP contribution in [0.3, 0.4) is 0 Å². The quantitative estimate of drug-likeness (QED) is 0.670. The molecule has 0 aliphatic carbocycles. The summed E-state index contributed by atoms with van der Waals surface area (Å²) >= 11 is 5.82. The van der Waals surface area contributed by atoms with Gasteiger partial charge in [-0.3, -0.25) is 5.41 Å². The lowest BCUT2D eigenvalue weighted by molar-refractivity contribution is 0.290. The average molecular weight is 297 g/mol. The highest BCUT2D eigenvalue weighted by atomic mass is 35.5. The van der Waals surface area contributed by atoms with Crippen molar-refractivity contribution in [2.24, 2.45) is 5.73 Å². The summed E-state index contributed by atoms with van der Waals surface area (Å²) in [6.45, 7) is -0.0846. The van der Waals surface area contributed by atoms with Gasteiger partial charge in [-0.1, -0.05) is 17.7 Å². The Balaban J connectivity index is 2.21. The molecule has 104 valence electrons. The van der Waals surface area contributed by atoms with Crippen LogP contribution in [-0.4, -0.2) is 5.84 Å². The summed E-state index contributed by atoms with van der Waals surface area (Å²) in [6.07, 6.45) is 0. The van der Waals surface area contributed by atoms with Gasteiger partial charge in [0.2, 0.25) is 0 Å². The van der Waals surface area contributed by atoms with Gasteiger partial charge in [-0.15, -0.1) is 0 Å². The van der Waals surface area contributed by atoms with Crippen LogP contribution in [0.15, 0.2) is 36.4 Å². The van der Waals surface area contributed by atoms with Crippen molar-refractivity contribution < 1.29 is 13.5 Å². The molecule has 2 aromatic carbocycles. The van der Waals surface area contributed by atoms with E-state index in [1.807, 2.05) is 0 Å². The summed E-state index contributed by atoms with van der Waals surface area (Å²) < 4.78 is 32.1. The first kappa shape index (κ1) is 14.3. The van der Waals surface area contributed by atoms with Gasteiger partial charge in [0.1, 0.15) is 18.3 Å². The van der Waals surface area contributed by atoms with Crippen molar-refractivity contribution in [2.45, 2.75) is 6.61 Å². The van der Waals surface area contributed by atoms with Gasteiger partial charge in [0.15, 0.2) is 11.6 Å². The van der Waals surface area contributed by atoms with Crippen molar-refractivity contribution >= 4 is 17.4 Å². The third-order valence-electron chi connectivity index (χ3n) is 2.57. The number of hydrogen-bond acceptors (Lipinski definition) is 2. The first-order valence-corrected chi connectivity index (χ1v) is 6.06. The van der Waals surface area contributed by atoms with Crippen molar-refractivity contribution in [2.75, 3.05) is 0 Å². The van der Waals surface area contributed by atoms with Crippen LogP contribution in [0.2, 0.25) is 5.02 Å². The maximum Gasteiger partial charge on any atom is 0.174 e. The van der Waals surface area contributed by atoms with E-state index in [-0.39, 0.29) is 28.8 Å². The number of ether oxygens (including phenoxy) is 1. The molecule has 0 atom stereocenters. The zero-order valence-corrected chi connectivity index (χ0v) is 11.0. The van der Waals surface area contributed by atoms with E-state index in [0.29, 0.717) is 5.56 Å². The first-order chi connectivity index (χ1) is 9.47. The van der Waals surface area contributed by atoms with E-state index in [9.17, 15) is 8.78 Å². The Bertz CT molecular complexity index is 641. The molecule has 2 aromatic rings. The van der Waals surface area contributed by atoms with Gasteiger partial charge in [-0.25, -0.2) is 8.78 Å². The normalized spacial score (nSPS) is 10.3. The summed E-state index contributed by atoms with van der Waals surface area (Å²) in [6, 6.07) is 8.03. The smallest absolute Gasteiger partial charge is 0.174 e. The van der Waals surface area contributed by atoms with Crippen LogP contribution in [0.25, 0.3) is 0 Å². The minimum absolute atomic E-state index is 0.0846. The maximum absolute atomic E-state index is 13.5. The number of para-hydroxylation sites is 1. The van der Waals surface area contributed by atoms with Crippen molar-refractivity contribution in [3.63, 3.8) is 0 Å². The average Bonchev–Trinajstić information content (AvgIpc) is 2.37. The Morgan fingerprint density at radius 2 is 2.00 bits per heavy atom. The van der Waals surface area contributed by atoms with Gasteiger partial charge < -0.3 is 10.5 Å². The topological polar surface area (TPSA) is 59.1 Å². The molecule has 0 spiro atoms. The lowest BCUT2D eigenvalue weighted by atomic mass is 10.1. The second kappa shape index (κ2) is 5.88. The van der Waals surface area contributed by atoms with E-state index < -0.39 is 11.6 Å². The highest BCUT2D eigenvalue weighted by molar-refractivity contribution is 6.32. The summed E-state index contributed by atoms with van der Waals surface area (Å²) in [5.74, 6) is -1.49. The molecule has 0 saturated heterocycles. The molecule has 0 aliphatic heterocycles. The van der Waals surface area contributed by atoms with Crippen LogP contribution in [0.4, 0.5) is 8.78 Å². The van der Waals surface area contributed by atoms with E-state index in [1.54, 1.807) is 0 Å². The molecule has 0 unspecified atom stereocenters. The van der Waals surface area contributed by atoms with Gasteiger partial charge in [0, 0.05) is 5.56 Å². The zero-order valence-electron chi connectivity index (χ0n) is 10.3. The molecule has 0 radical (unpaired) electrons. The van der Waals surface area contributed by atoms with E-state index >= 15 is 0 Å². The Kier molecular flexibility index (Phi) is 4.20. The lowest BCUT2D eigenvalue weighted by Gasteiger charge is -2.10. The molecule has 3 N–H and O–H groups in total. The molecule has 20 heavy (non-hydrogen) atoms. The molecular formula is C14H11ClF2N2O. The Labute approximate surface area is 119 Å². The highest BCUT2D eigenvalue weighted by Crippen LogP contribution is 2.28. The van der Waals surface area contributed by atoms with Crippen molar-refractivity contribution in [3.8, 4) is 5.75 Å². The Hall–Kier alpha value is -2.14. The second-order valence-corrected chi connectivity index (χ2v) is 4.51. The fourth-order valence-electron chi connectivity index (χ4n) is 1.67. The fourth-order valence-corrected chi connectivity index (χ4v) is 1.88. The molecule has 0 saturated carbocycles. The number of nitrogens with one attached hydrogen (secondary N) is 1. The number of rotatable bonds is 4. The molecule has 0 fully saturated rings. The van der Waals surface area contributed by atoms with Crippen molar-refractivity contribution in [1.29, 1.82) is 5.41 Å². The van der Waals surface area contributed by atoms with Crippen LogP contribution < -0.4 is 10.5 Å². The molecule has 0 heterocycles. The van der Waals surface area contributed by atoms with Gasteiger partial charge in [-0.05, 0) is 35.9 Å². The van der Waals surface area contributed by atoms with Crippen LogP contribution in [0.1, 0.15) is 11.1 Å². The Morgan fingerprint density at radius 1 is 1.25 bits per heavy atom. The third kappa shape index (κ3) is 3.24.